The molecule has 0 amide bonds. The van der Waals surface area contributed by atoms with Gasteiger partial charge in [-0.05, 0) is 20.8 Å². The van der Waals surface area contributed by atoms with E-state index in [1.54, 1.807) is 6.92 Å². The average molecular weight is 299 g/mol. The number of nitrogens with zero attached hydrogens (tertiary/aromatic N) is 3. The zero-order valence-corrected chi connectivity index (χ0v) is 12.6. The number of carbonyl (C=O) groups is 1. The summed E-state index contributed by atoms with van der Waals surface area (Å²) >= 11 is 2.68. The number of methoxy groups -OCH3 is 1. The molecular formula is C11H13N3O3S2. The molecule has 0 aliphatic carbocycles. The minimum atomic E-state index is -0.386. The van der Waals surface area contributed by atoms with E-state index in [0.29, 0.717) is 11.1 Å². The van der Waals surface area contributed by atoms with Crippen molar-refractivity contribution in [1.82, 2.24) is 15.2 Å². The van der Waals surface area contributed by atoms with Crippen molar-refractivity contribution in [1.29, 1.82) is 0 Å². The van der Waals surface area contributed by atoms with E-state index in [4.69, 9.17) is 4.42 Å². The lowest BCUT2D eigenvalue weighted by molar-refractivity contribution is -0.139. The third-order valence-corrected chi connectivity index (χ3v) is 4.29. The topological polar surface area (TPSA) is 78.1 Å². The number of esters is 1. The minimum Gasteiger partial charge on any atom is -0.468 e. The fraction of sp³-hybridized carbons (Fsp3) is 0.455. The summed E-state index contributed by atoms with van der Waals surface area (Å²) in [5.41, 5.74) is 0.865. The van der Waals surface area contributed by atoms with Crippen molar-refractivity contribution < 1.29 is 13.9 Å². The van der Waals surface area contributed by atoms with Crippen LogP contribution in [0.1, 0.15) is 17.6 Å². The van der Waals surface area contributed by atoms with Crippen molar-refractivity contribution >= 4 is 29.1 Å². The van der Waals surface area contributed by atoms with Gasteiger partial charge in [0.25, 0.3) is 11.1 Å². The van der Waals surface area contributed by atoms with Gasteiger partial charge in [0.05, 0.1) is 17.8 Å². The van der Waals surface area contributed by atoms with Gasteiger partial charge in [-0.15, -0.1) is 21.5 Å². The summed E-state index contributed by atoms with van der Waals surface area (Å²) in [6.45, 7) is 5.54. The van der Waals surface area contributed by atoms with Crippen molar-refractivity contribution in [3.63, 3.8) is 0 Å². The smallest absolute Gasteiger partial charge is 0.319 e. The molecule has 0 aliphatic rings. The predicted octanol–water partition coefficient (Wildman–Crippen LogP) is 2.46. The van der Waals surface area contributed by atoms with Crippen molar-refractivity contribution in [3.8, 4) is 10.8 Å². The van der Waals surface area contributed by atoms with E-state index in [1.165, 1.54) is 30.2 Å². The molecule has 19 heavy (non-hydrogen) atoms. The van der Waals surface area contributed by atoms with Crippen LogP contribution in [0.5, 0.6) is 0 Å². The number of hydrogen-bond donors (Lipinski definition) is 0. The first-order valence-electron chi connectivity index (χ1n) is 5.53. The number of thiazole rings is 1. The Kier molecular flexibility index (Phi) is 4.20. The molecule has 1 atom stereocenters. The van der Waals surface area contributed by atoms with Gasteiger partial charge in [0.15, 0.2) is 0 Å². The van der Waals surface area contributed by atoms with Gasteiger partial charge in [-0.3, -0.25) is 4.79 Å². The number of aromatic nitrogens is 3. The van der Waals surface area contributed by atoms with Crippen LogP contribution in [0.3, 0.4) is 0 Å². The Morgan fingerprint density at radius 1 is 1.42 bits per heavy atom. The molecule has 1 unspecified atom stereocenters. The lowest BCUT2D eigenvalue weighted by atomic mass is 10.4. The minimum absolute atomic E-state index is 0.324. The van der Waals surface area contributed by atoms with Crippen LogP contribution in [0.4, 0.5) is 0 Å². The molecule has 0 radical (unpaired) electrons. The highest BCUT2D eigenvalue weighted by Gasteiger charge is 2.20. The third-order valence-electron chi connectivity index (χ3n) is 2.31. The van der Waals surface area contributed by atoms with E-state index in [0.717, 1.165) is 15.6 Å². The summed E-state index contributed by atoms with van der Waals surface area (Å²) in [4.78, 5) is 16.5. The summed E-state index contributed by atoms with van der Waals surface area (Å²) in [6, 6.07) is 0. The third kappa shape index (κ3) is 3.13. The first-order chi connectivity index (χ1) is 9.01. The van der Waals surface area contributed by atoms with Gasteiger partial charge in [0.2, 0.25) is 0 Å². The second-order valence-corrected chi connectivity index (χ2v) is 6.30. The van der Waals surface area contributed by atoms with Crippen molar-refractivity contribution in [2.75, 3.05) is 7.11 Å². The highest BCUT2D eigenvalue weighted by molar-refractivity contribution is 8.00. The molecule has 0 aromatic carbocycles. The van der Waals surface area contributed by atoms with Crippen molar-refractivity contribution in [2.45, 2.75) is 31.2 Å². The standard InChI is InChI=1S/C11H13N3O3S2/c1-5-8(19-7(3)12-5)9-13-14-11(17-9)18-6(2)10(15)16-4/h6H,1-4H3. The van der Waals surface area contributed by atoms with E-state index < -0.39 is 0 Å². The van der Waals surface area contributed by atoms with Gasteiger partial charge >= 0.3 is 5.97 Å². The molecule has 0 fully saturated rings. The van der Waals surface area contributed by atoms with Gasteiger partial charge < -0.3 is 9.15 Å². The Morgan fingerprint density at radius 3 is 2.74 bits per heavy atom. The van der Waals surface area contributed by atoms with E-state index in [2.05, 4.69) is 19.9 Å². The van der Waals surface area contributed by atoms with Crippen LogP contribution in [0.2, 0.25) is 0 Å². The number of thioether (sulfide) groups is 1. The zero-order valence-electron chi connectivity index (χ0n) is 11.0. The van der Waals surface area contributed by atoms with Gasteiger partial charge in [-0.2, -0.15) is 0 Å². The highest BCUT2D eigenvalue weighted by atomic mass is 32.2. The van der Waals surface area contributed by atoms with Crippen LogP contribution < -0.4 is 0 Å². The monoisotopic (exact) mass is 299 g/mol. The summed E-state index contributed by atoms with van der Waals surface area (Å²) in [6.07, 6.45) is 0. The molecule has 2 aromatic rings. The molecule has 0 saturated heterocycles. The van der Waals surface area contributed by atoms with E-state index in [-0.39, 0.29) is 11.2 Å². The Balaban J connectivity index is 2.15. The average Bonchev–Trinajstić information content (AvgIpc) is 2.94. The SMILES string of the molecule is COC(=O)C(C)Sc1nnc(-c2sc(C)nc2C)o1. The van der Waals surface area contributed by atoms with E-state index in [1.807, 2.05) is 13.8 Å². The zero-order chi connectivity index (χ0) is 14.0. The first-order valence-corrected chi connectivity index (χ1v) is 7.23. The number of carbonyl (C=O) groups excluding carboxylic acids is 1. The van der Waals surface area contributed by atoms with E-state index >= 15 is 0 Å². The van der Waals surface area contributed by atoms with Crippen LogP contribution in [-0.4, -0.2) is 33.5 Å². The van der Waals surface area contributed by atoms with Crippen LogP contribution in [0, 0.1) is 13.8 Å². The molecule has 102 valence electrons. The van der Waals surface area contributed by atoms with E-state index in [9.17, 15) is 4.79 Å². The number of hydrogen-bond acceptors (Lipinski definition) is 8. The Bertz CT molecular complexity index is 594. The quantitative estimate of drug-likeness (QED) is 0.634. The fourth-order valence-corrected chi connectivity index (χ4v) is 3.00. The Hall–Kier alpha value is -1.41. The van der Waals surface area contributed by atoms with Crippen molar-refractivity contribution in [3.05, 3.63) is 10.7 Å². The van der Waals surface area contributed by atoms with Gasteiger partial charge in [0, 0.05) is 0 Å². The van der Waals surface area contributed by atoms with Gasteiger partial charge in [-0.25, -0.2) is 4.98 Å². The summed E-state index contributed by atoms with van der Waals surface area (Å²) in [7, 11) is 1.35. The maximum Gasteiger partial charge on any atom is 0.319 e. The maximum absolute atomic E-state index is 11.3. The lowest BCUT2D eigenvalue weighted by Gasteiger charge is -2.04. The van der Waals surface area contributed by atoms with Crippen LogP contribution >= 0.6 is 23.1 Å². The number of aryl methyl sites for hydroxylation is 2. The van der Waals surface area contributed by atoms with Crippen LogP contribution in [0.25, 0.3) is 10.8 Å². The normalized spacial score (nSPS) is 12.4. The lowest BCUT2D eigenvalue weighted by Crippen LogP contribution is -2.14. The van der Waals surface area contributed by atoms with Crippen LogP contribution in [-0.2, 0) is 9.53 Å². The predicted molar refractivity (Wildman–Crippen MR) is 72.2 cm³/mol. The molecule has 0 bridgehead atoms. The Labute approximate surface area is 118 Å². The second-order valence-electron chi connectivity index (χ2n) is 3.80. The fourth-order valence-electron chi connectivity index (χ4n) is 1.44. The molecule has 0 N–H and O–H groups in total. The molecular weight excluding hydrogens is 286 g/mol. The molecule has 2 rings (SSSR count). The maximum atomic E-state index is 11.3. The van der Waals surface area contributed by atoms with Crippen molar-refractivity contribution in [2.24, 2.45) is 0 Å². The van der Waals surface area contributed by atoms with Gasteiger partial charge in [-0.1, -0.05) is 11.8 Å². The number of ether oxygens (including phenoxy) is 1. The molecule has 0 spiro atoms. The van der Waals surface area contributed by atoms with Gasteiger partial charge in [0.1, 0.15) is 10.1 Å². The highest BCUT2D eigenvalue weighted by Crippen LogP contribution is 2.31. The molecule has 6 nitrogen and oxygen atoms in total. The Morgan fingerprint density at radius 2 is 2.16 bits per heavy atom. The molecule has 8 heteroatoms. The number of rotatable bonds is 4. The molecule has 0 aliphatic heterocycles. The summed E-state index contributed by atoms with van der Waals surface area (Å²) in [5, 5.41) is 8.80. The molecule has 2 aromatic heterocycles. The summed E-state index contributed by atoms with van der Waals surface area (Å²) < 4.78 is 10.2. The molecule has 2 heterocycles. The van der Waals surface area contributed by atoms with Crippen LogP contribution in [0.15, 0.2) is 9.64 Å². The first kappa shape index (κ1) is 14.0. The largest absolute Gasteiger partial charge is 0.468 e. The second kappa shape index (κ2) is 5.70. The molecule has 0 saturated carbocycles. The summed E-state index contributed by atoms with van der Waals surface area (Å²) in [5.74, 6) is 0.109.